The number of carbonyl (C=O) groups is 1. The third kappa shape index (κ3) is 2.45. The minimum Gasteiger partial charge on any atom is -0.318 e. The van der Waals surface area contributed by atoms with Crippen LogP contribution in [0.3, 0.4) is 0 Å². The maximum absolute atomic E-state index is 13.5. The molecule has 0 saturated carbocycles. The summed E-state index contributed by atoms with van der Waals surface area (Å²) in [7, 11) is 5.74. The van der Waals surface area contributed by atoms with Gasteiger partial charge in [-0.25, -0.2) is 13.9 Å². The smallest absolute Gasteiger partial charge is 0.276 e. The number of halogens is 2. The number of nitrogens with zero attached hydrogens (tertiary/aromatic N) is 4. The van der Waals surface area contributed by atoms with Crippen LogP contribution in [0.2, 0.25) is 5.15 Å². The summed E-state index contributed by atoms with van der Waals surface area (Å²) in [6.45, 7) is 0. The fourth-order valence-corrected chi connectivity index (χ4v) is 1.97. The van der Waals surface area contributed by atoms with E-state index in [1.807, 2.05) is 0 Å². The van der Waals surface area contributed by atoms with Crippen molar-refractivity contribution >= 4 is 42.2 Å². The van der Waals surface area contributed by atoms with E-state index < -0.39 is 11.7 Å². The van der Waals surface area contributed by atoms with E-state index in [1.165, 1.54) is 29.0 Å². The molecule has 2 radical (unpaired) electrons. The maximum Gasteiger partial charge on any atom is 0.276 e. The molecule has 3 rings (SSSR count). The molecule has 0 saturated heterocycles. The summed E-state index contributed by atoms with van der Waals surface area (Å²) in [5.41, 5.74) is 0.652. The number of pyridine rings is 1. The number of amides is 1. The maximum atomic E-state index is 13.5. The number of nitrogens with one attached hydrogen (secondary N) is 1. The van der Waals surface area contributed by atoms with Crippen molar-refractivity contribution in [1.82, 2.24) is 19.6 Å². The third-order valence-electron chi connectivity index (χ3n) is 2.72. The number of aromatic nitrogens is 4. The largest absolute Gasteiger partial charge is 0.318 e. The van der Waals surface area contributed by atoms with Crippen molar-refractivity contribution in [2.75, 3.05) is 5.32 Å². The fourth-order valence-electron chi connectivity index (χ4n) is 1.78. The lowest BCUT2D eigenvalue weighted by atomic mass is 9.99. The van der Waals surface area contributed by atoms with Gasteiger partial charge in [-0.15, -0.1) is 0 Å². The molecular weight excluding hydrogens is 295 g/mol. The molecule has 1 amide bonds. The van der Waals surface area contributed by atoms with Gasteiger partial charge in [-0.1, -0.05) is 11.6 Å². The van der Waals surface area contributed by atoms with Crippen LogP contribution in [0.25, 0.3) is 5.65 Å². The Bertz CT molecular complexity index is 853. The van der Waals surface area contributed by atoms with Gasteiger partial charge in [0.25, 0.3) is 5.91 Å². The van der Waals surface area contributed by atoms with Crippen LogP contribution in [0.4, 0.5) is 10.1 Å². The highest BCUT2D eigenvalue weighted by atomic mass is 35.5. The molecule has 0 aliphatic heterocycles. The second-order valence-corrected chi connectivity index (χ2v) is 4.50. The third-order valence-corrected chi connectivity index (χ3v) is 2.90. The van der Waals surface area contributed by atoms with E-state index in [4.69, 9.17) is 19.4 Å². The van der Waals surface area contributed by atoms with Crippen molar-refractivity contribution in [3.63, 3.8) is 0 Å². The molecule has 0 atom stereocenters. The molecular formula is C12H6BClFN5O. The summed E-state index contributed by atoms with van der Waals surface area (Å²) in [6.07, 6.45) is 3.64. The second-order valence-electron chi connectivity index (χ2n) is 4.11. The Morgan fingerprint density at radius 1 is 1.43 bits per heavy atom. The van der Waals surface area contributed by atoms with E-state index in [9.17, 15) is 9.18 Å². The van der Waals surface area contributed by atoms with Gasteiger partial charge in [0.1, 0.15) is 18.6 Å². The quantitative estimate of drug-likeness (QED) is 0.716. The van der Waals surface area contributed by atoms with E-state index in [0.29, 0.717) is 5.65 Å². The van der Waals surface area contributed by atoms with Crippen LogP contribution < -0.4 is 10.8 Å². The van der Waals surface area contributed by atoms with Crippen molar-refractivity contribution in [1.29, 1.82) is 0 Å². The van der Waals surface area contributed by atoms with E-state index in [-0.39, 0.29) is 22.0 Å². The van der Waals surface area contributed by atoms with Gasteiger partial charge in [-0.05, 0) is 17.6 Å². The van der Waals surface area contributed by atoms with Crippen LogP contribution in [0.1, 0.15) is 10.5 Å². The average molecular weight is 301 g/mol. The lowest BCUT2D eigenvalue weighted by molar-refractivity contribution is 0.102. The van der Waals surface area contributed by atoms with Crippen molar-refractivity contribution in [3.8, 4) is 0 Å². The van der Waals surface area contributed by atoms with Crippen molar-refractivity contribution in [2.45, 2.75) is 0 Å². The molecule has 21 heavy (non-hydrogen) atoms. The standard InChI is InChI=1S/C12H6BClFN5O/c13-6-3-10(14)19-20-9(5-17-11(6)20)12(21)18-8-1-2-16-4-7(8)15/h1-5H,(H,16,18,21). The van der Waals surface area contributed by atoms with Gasteiger partial charge in [0.15, 0.2) is 11.5 Å². The number of imidazole rings is 1. The SMILES string of the molecule is [B]c1cc(Cl)nn2c(C(=O)Nc3ccncc3F)cnc12. The molecule has 3 aromatic heterocycles. The predicted molar refractivity (Wildman–Crippen MR) is 75.5 cm³/mol. The molecule has 102 valence electrons. The topological polar surface area (TPSA) is 72.2 Å². The Balaban J connectivity index is 2.01. The van der Waals surface area contributed by atoms with Gasteiger partial charge in [0.2, 0.25) is 0 Å². The Morgan fingerprint density at radius 3 is 3.00 bits per heavy atom. The number of anilines is 1. The Hall–Kier alpha value is -2.48. The fraction of sp³-hybridized carbons (Fsp3) is 0. The zero-order valence-corrected chi connectivity index (χ0v) is 11.2. The molecule has 0 unspecified atom stereocenters. The first-order valence-corrected chi connectivity index (χ1v) is 6.14. The van der Waals surface area contributed by atoms with Gasteiger partial charge in [0, 0.05) is 6.20 Å². The summed E-state index contributed by atoms with van der Waals surface area (Å²) in [5, 5.41) is 6.47. The summed E-state index contributed by atoms with van der Waals surface area (Å²) in [4.78, 5) is 19.8. The molecule has 0 aliphatic rings. The summed E-state index contributed by atoms with van der Waals surface area (Å²) in [5.74, 6) is -1.24. The lowest BCUT2D eigenvalue weighted by Crippen LogP contribution is -2.18. The number of rotatable bonds is 2. The first-order chi connectivity index (χ1) is 10.1. The molecule has 6 nitrogen and oxygen atoms in total. The molecule has 0 spiro atoms. The number of carbonyl (C=O) groups excluding carboxylic acids is 1. The summed E-state index contributed by atoms with van der Waals surface area (Å²) < 4.78 is 14.7. The molecule has 0 aromatic carbocycles. The molecule has 3 aromatic rings. The first kappa shape index (κ1) is 13.5. The minimum atomic E-state index is -0.648. The zero-order chi connectivity index (χ0) is 15.0. The Labute approximate surface area is 124 Å². The molecule has 1 N–H and O–H groups in total. The van der Waals surface area contributed by atoms with Crippen LogP contribution in [-0.2, 0) is 0 Å². The number of hydrogen-bond donors (Lipinski definition) is 1. The van der Waals surface area contributed by atoms with E-state index >= 15 is 0 Å². The number of hydrogen-bond acceptors (Lipinski definition) is 4. The van der Waals surface area contributed by atoms with Crippen LogP contribution >= 0.6 is 11.6 Å². The molecule has 9 heteroatoms. The highest BCUT2D eigenvalue weighted by Gasteiger charge is 2.16. The summed E-state index contributed by atoms with van der Waals surface area (Å²) >= 11 is 5.80. The second kappa shape index (κ2) is 5.14. The highest BCUT2D eigenvalue weighted by Crippen LogP contribution is 2.13. The van der Waals surface area contributed by atoms with Crippen LogP contribution in [0.15, 0.2) is 30.7 Å². The molecule has 0 bridgehead atoms. The van der Waals surface area contributed by atoms with Gasteiger partial charge in [-0.3, -0.25) is 9.78 Å². The van der Waals surface area contributed by atoms with E-state index in [1.54, 1.807) is 0 Å². The van der Waals surface area contributed by atoms with E-state index in [0.717, 1.165) is 6.20 Å². The monoisotopic (exact) mass is 301 g/mol. The Morgan fingerprint density at radius 2 is 2.24 bits per heavy atom. The highest BCUT2D eigenvalue weighted by molar-refractivity contribution is 6.38. The van der Waals surface area contributed by atoms with Gasteiger partial charge in [0.05, 0.1) is 18.1 Å². The van der Waals surface area contributed by atoms with E-state index in [2.05, 4.69) is 20.4 Å². The van der Waals surface area contributed by atoms with Crippen LogP contribution in [-0.4, -0.2) is 33.3 Å². The predicted octanol–water partition coefficient (Wildman–Crippen LogP) is 0.963. The van der Waals surface area contributed by atoms with Crippen molar-refractivity contribution in [3.05, 3.63) is 47.4 Å². The van der Waals surface area contributed by atoms with Crippen molar-refractivity contribution < 1.29 is 9.18 Å². The van der Waals surface area contributed by atoms with Crippen LogP contribution in [0, 0.1) is 5.82 Å². The molecule has 3 heterocycles. The lowest BCUT2D eigenvalue weighted by Gasteiger charge is -2.06. The Kier molecular flexibility index (Phi) is 3.30. The van der Waals surface area contributed by atoms with Gasteiger partial charge >= 0.3 is 0 Å². The zero-order valence-electron chi connectivity index (χ0n) is 10.4. The van der Waals surface area contributed by atoms with Gasteiger partial charge < -0.3 is 5.32 Å². The molecule has 0 aliphatic carbocycles. The molecule has 0 fully saturated rings. The first-order valence-electron chi connectivity index (χ1n) is 5.77. The van der Waals surface area contributed by atoms with Crippen molar-refractivity contribution in [2.24, 2.45) is 0 Å². The van der Waals surface area contributed by atoms with Gasteiger partial charge in [-0.2, -0.15) is 5.10 Å². The summed E-state index contributed by atoms with van der Waals surface area (Å²) in [6, 6.07) is 2.76. The normalized spacial score (nSPS) is 10.8. The average Bonchev–Trinajstić information content (AvgIpc) is 2.85. The number of fused-ring (bicyclic) bond motifs is 1. The van der Waals surface area contributed by atoms with Crippen LogP contribution in [0.5, 0.6) is 0 Å². The minimum absolute atomic E-state index is 0.0000463.